The average molecular weight is 281 g/mol. The zero-order valence-electron chi connectivity index (χ0n) is 12.8. The topological polar surface area (TPSA) is 66.4 Å². The van der Waals surface area contributed by atoms with E-state index >= 15 is 0 Å². The summed E-state index contributed by atoms with van der Waals surface area (Å²) in [5, 5.41) is 12.4. The van der Waals surface area contributed by atoms with Crippen LogP contribution in [-0.4, -0.2) is 23.0 Å². The van der Waals surface area contributed by atoms with Crippen LogP contribution in [0.15, 0.2) is 0 Å². The molecule has 0 aromatic heterocycles. The van der Waals surface area contributed by atoms with Crippen LogP contribution in [-0.2, 0) is 9.59 Å². The van der Waals surface area contributed by atoms with Crippen molar-refractivity contribution in [2.24, 2.45) is 29.6 Å². The SMILES string of the molecule is CC1C[C@H](C(=O)NC2CCCC(C)C2C)[C@H](C(=O)O)C1. The van der Waals surface area contributed by atoms with E-state index in [-0.39, 0.29) is 17.9 Å². The van der Waals surface area contributed by atoms with E-state index in [1.165, 1.54) is 6.42 Å². The number of carboxylic acids is 1. The summed E-state index contributed by atoms with van der Waals surface area (Å²) in [5.41, 5.74) is 0. The van der Waals surface area contributed by atoms with Crippen molar-refractivity contribution in [1.29, 1.82) is 0 Å². The molecule has 2 fully saturated rings. The van der Waals surface area contributed by atoms with Crippen LogP contribution in [0.3, 0.4) is 0 Å². The average Bonchev–Trinajstić information content (AvgIpc) is 2.77. The van der Waals surface area contributed by atoms with Gasteiger partial charge in [0.2, 0.25) is 5.91 Å². The minimum absolute atomic E-state index is 0.0345. The molecule has 20 heavy (non-hydrogen) atoms. The molecule has 6 atom stereocenters. The second-order valence-corrected chi connectivity index (χ2v) is 7.01. The summed E-state index contributed by atoms with van der Waals surface area (Å²) in [7, 11) is 0. The Morgan fingerprint density at radius 3 is 2.35 bits per heavy atom. The van der Waals surface area contributed by atoms with Crippen molar-refractivity contribution in [2.45, 2.75) is 58.9 Å². The van der Waals surface area contributed by atoms with E-state index in [0.717, 1.165) is 12.8 Å². The highest BCUT2D eigenvalue weighted by Crippen LogP contribution is 2.37. The molecule has 0 heterocycles. The molecule has 4 nitrogen and oxygen atoms in total. The van der Waals surface area contributed by atoms with Crippen LogP contribution in [0.5, 0.6) is 0 Å². The van der Waals surface area contributed by atoms with Gasteiger partial charge >= 0.3 is 5.97 Å². The van der Waals surface area contributed by atoms with Gasteiger partial charge in [-0.05, 0) is 37.0 Å². The molecule has 114 valence electrons. The van der Waals surface area contributed by atoms with E-state index in [0.29, 0.717) is 30.6 Å². The van der Waals surface area contributed by atoms with Crippen LogP contribution in [0, 0.1) is 29.6 Å². The predicted molar refractivity (Wildman–Crippen MR) is 77.1 cm³/mol. The summed E-state index contributed by atoms with van der Waals surface area (Å²) in [4.78, 5) is 23.7. The van der Waals surface area contributed by atoms with Gasteiger partial charge in [-0.15, -0.1) is 0 Å². The van der Waals surface area contributed by atoms with Crippen LogP contribution >= 0.6 is 0 Å². The maximum Gasteiger partial charge on any atom is 0.307 e. The van der Waals surface area contributed by atoms with Crippen LogP contribution < -0.4 is 5.32 Å². The largest absolute Gasteiger partial charge is 0.481 e. The van der Waals surface area contributed by atoms with E-state index in [4.69, 9.17) is 0 Å². The summed E-state index contributed by atoms with van der Waals surface area (Å²) in [5.74, 6) is -0.253. The van der Waals surface area contributed by atoms with Gasteiger partial charge in [0.25, 0.3) is 0 Å². The van der Waals surface area contributed by atoms with Gasteiger partial charge in [0.1, 0.15) is 0 Å². The Balaban J connectivity index is 1.98. The molecule has 0 aromatic carbocycles. The third kappa shape index (κ3) is 3.15. The van der Waals surface area contributed by atoms with Crippen LogP contribution in [0.1, 0.15) is 52.9 Å². The fourth-order valence-corrected chi connectivity index (χ4v) is 3.93. The van der Waals surface area contributed by atoms with Crippen LogP contribution in [0.4, 0.5) is 0 Å². The molecule has 2 aliphatic rings. The zero-order chi connectivity index (χ0) is 14.9. The molecule has 4 unspecified atom stereocenters. The zero-order valence-corrected chi connectivity index (χ0v) is 12.8. The fourth-order valence-electron chi connectivity index (χ4n) is 3.93. The summed E-state index contributed by atoms with van der Waals surface area (Å²) >= 11 is 0. The molecule has 0 spiro atoms. The number of carbonyl (C=O) groups excluding carboxylic acids is 1. The second-order valence-electron chi connectivity index (χ2n) is 7.01. The van der Waals surface area contributed by atoms with Gasteiger partial charge in [-0.25, -0.2) is 0 Å². The summed E-state index contributed by atoms with van der Waals surface area (Å²) < 4.78 is 0. The first-order valence-electron chi connectivity index (χ1n) is 7.93. The number of amides is 1. The smallest absolute Gasteiger partial charge is 0.307 e. The molecule has 0 aliphatic heterocycles. The lowest BCUT2D eigenvalue weighted by molar-refractivity contribution is -0.146. The monoisotopic (exact) mass is 281 g/mol. The van der Waals surface area contributed by atoms with Crippen molar-refractivity contribution >= 4 is 11.9 Å². The van der Waals surface area contributed by atoms with E-state index in [2.05, 4.69) is 19.2 Å². The highest BCUT2D eigenvalue weighted by atomic mass is 16.4. The Morgan fingerprint density at radius 2 is 1.70 bits per heavy atom. The molecular formula is C16H27NO3. The Labute approximate surface area is 121 Å². The molecule has 2 N–H and O–H groups in total. The standard InChI is InChI=1S/C16H27NO3/c1-9-7-12(13(8-9)16(19)20)15(18)17-14-6-4-5-10(2)11(14)3/h9-14H,4-8H2,1-3H3,(H,17,18)(H,19,20)/t9?,10?,11?,12-,13+,14?/m0/s1. The molecule has 2 saturated carbocycles. The van der Waals surface area contributed by atoms with Crippen molar-refractivity contribution in [1.82, 2.24) is 5.32 Å². The second kappa shape index (κ2) is 6.15. The lowest BCUT2D eigenvalue weighted by atomic mass is 9.77. The van der Waals surface area contributed by atoms with E-state index in [1.807, 2.05) is 6.92 Å². The Bertz CT molecular complexity index is 382. The summed E-state index contributed by atoms with van der Waals surface area (Å²) in [6.45, 7) is 6.47. The molecule has 0 aromatic rings. The molecule has 2 rings (SSSR count). The third-order valence-corrected chi connectivity index (χ3v) is 5.49. The third-order valence-electron chi connectivity index (χ3n) is 5.49. The van der Waals surface area contributed by atoms with Crippen LogP contribution in [0.2, 0.25) is 0 Å². The van der Waals surface area contributed by atoms with Crippen LogP contribution in [0.25, 0.3) is 0 Å². The van der Waals surface area contributed by atoms with Gasteiger partial charge < -0.3 is 10.4 Å². The number of hydrogen-bond donors (Lipinski definition) is 2. The molecule has 1 amide bonds. The maximum absolute atomic E-state index is 12.5. The first kappa shape index (κ1) is 15.3. The van der Waals surface area contributed by atoms with E-state index in [1.54, 1.807) is 0 Å². The molecular weight excluding hydrogens is 254 g/mol. The number of nitrogens with one attached hydrogen (secondary N) is 1. The minimum atomic E-state index is -0.820. The van der Waals surface area contributed by atoms with Gasteiger partial charge in [0.05, 0.1) is 11.8 Å². The van der Waals surface area contributed by atoms with Crippen molar-refractivity contribution < 1.29 is 14.7 Å². The maximum atomic E-state index is 12.5. The Morgan fingerprint density at radius 1 is 1.05 bits per heavy atom. The van der Waals surface area contributed by atoms with Crippen molar-refractivity contribution in [3.63, 3.8) is 0 Å². The van der Waals surface area contributed by atoms with Gasteiger partial charge in [-0.1, -0.05) is 33.6 Å². The van der Waals surface area contributed by atoms with Crippen molar-refractivity contribution in [3.8, 4) is 0 Å². The number of aliphatic carboxylic acids is 1. The lowest BCUT2D eigenvalue weighted by Gasteiger charge is -2.35. The number of carbonyl (C=O) groups is 2. The van der Waals surface area contributed by atoms with Gasteiger partial charge in [0.15, 0.2) is 0 Å². The van der Waals surface area contributed by atoms with Gasteiger partial charge in [-0.2, -0.15) is 0 Å². The normalized spacial score (nSPS) is 41.4. The Kier molecular flexibility index (Phi) is 4.71. The quantitative estimate of drug-likeness (QED) is 0.836. The molecule has 0 saturated heterocycles. The summed E-state index contributed by atoms with van der Waals surface area (Å²) in [6, 6.07) is 0.219. The van der Waals surface area contributed by atoms with Gasteiger partial charge in [-0.3, -0.25) is 9.59 Å². The summed E-state index contributed by atoms with van der Waals surface area (Å²) in [6.07, 6.45) is 4.74. The number of carboxylic acid groups (broad SMARTS) is 1. The number of rotatable bonds is 3. The van der Waals surface area contributed by atoms with E-state index in [9.17, 15) is 14.7 Å². The van der Waals surface area contributed by atoms with Crippen molar-refractivity contribution in [3.05, 3.63) is 0 Å². The molecule has 4 heteroatoms. The highest BCUT2D eigenvalue weighted by molar-refractivity contribution is 5.85. The molecule has 0 bridgehead atoms. The molecule has 0 radical (unpaired) electrons. The number of hydrogen-bond acceptors (Lipinski definition) is 2. The van der Waals surface area contributed by atoms with Gasteiger partial charge in [0, 0.05) is 6.04 Å². The van der Waals surface area contributed by atoms with Crippen molar-refractivity contribution in [2.75, 3.05) is 0 Å². The first-order chi connectivity index (χ1) is 9.40. The lowest BCUT2D eigenvalue weighted by Crippen LogP contribution is -2.47. The Hall–Kier alpha value is -1.06. The fraction of sp³-hybridized carbons (Fsp3) is 0.875. The van der Waals surface area contributed by atoms with E-state index < -0.39 is 11.9 Å². The first-order valence-corrected chi connectivity index (χ1v) is 7.93. The minimum Gasteiger partial charge on any atom is -0.481 e. The molecule has 2 aliphatic carbocycles. The predicted octanol–water partition coefficient (Wildman–Crippen LogP) is 2.67. The highest BCUT2D eigenvalue weighted by Gasteiger charge is 2.42.